The van der Waals surface area contributed by atoms with Gasteiger partial charge in [0, 0.05) is 44.8 Å². The van der Waals surface area contributed by atoms with Gasteiger partial charge in [-0.15, -0.1) is 0 Å². The Morgan fingerprint density at radius 1 is 1.03 bits per heavy atom. The molecule has 188 valence electrons. The van der Waals surface area contributed by atoms with E-state index in [0.29, 0.717) is 11.7 Å². The first-order chi connectivity index (χ1) is 16.8. The third-order valence-corrected chi connectivity index (χ3v) is 6.75. The smallest absolute Gasteiger partial charge is 0.137 e. The zero-order valence-corrected chi connectivity index (χ0v) is 21.4. The molecule has 35 heavy (non-hydrogen) atoms. The Kier molecular flexibility index (Phi) is 8.08. The largest absolute Gasteiger partial charge is 0.508 e. The zero-order valence-electron chi connectivity index (χ0n) is 21.4. The van der Waals surface area contributed by atoms with Crippen molar-refractivity contribution in [3.63, 3.8) is 0 Å². The van der Waals surface area contributed by atoms with E-state index in [4.69, 9.17) is 5.10 Å². The number of halogens is 1. The van der Waals surface area contributed by atoms with Gasteiger partial charge in [0.15, 0.2) is 0 Å². The molecule has 6 nitrogen and oxygen atoms in total. The average molecular weight is 480 g/mol. The van der Waals surface area contributed by atoms with E-state index < -0.39 is 0 Å². The van der Waals surface area contributed by atoms with Crippen LogP contribution in [0.25, 0.3) is 5.69 Å². The topological polar surface area (TPSA) is 47.8 Å². The molecule has 7 heteroatoms. The van der Waals surface area contributed by atoms with Crippen LogP contribution in [0.5, 0.6) is 5.75 Å². The van der Waals surface area contributed by atoms with Gasteiger partial charge in [-0.1, -0.05) is 26.0 Å². The second-order valence-electron chi connectivity index (χ2n) is 10.1. The van der Waals surface area contributed by atoms with E-state index >= 15 is 0 Å². The van der Waals surface area contributed by atoms with E-state index in [-0.39, 0.29) is 5.82 Å². The third-order valence-electron chi connectivity index (χ3n) is 6.75. The van der Waals surface area contributed by atoms with Crippen molar-refractivity contribution in [1.82, 2.24) is 19.6 Å². The number of hydrogen-bond acceptors (Lipinski definition) is 5. The lowest BCUT2D eigenvalue weighted by molar-refractivity contribution is 0.240. The molecule has 1 aliphatic heterocycles. The quantitative estimate of drug-likeness (QED) is 0.477. The van der Waals surface area contributed by atoms with Crippen molar-refractivity contribution in [2.45, 2.75) is 40.3 Å². The number of anilines is 1. The van der Waals surface area contributed by atoms with E-state index in [0.717, 1.165) is 75.0 Å². The maximum absolute atomic E-state index is 13.7. The van der Waals surface area contributed by atoms with Crippen LogP contribution in [0.3, 0.4) is 0 Å². The Morgan fingerprint density at radius 3 is 2.40 bits per heavy atom. The summed E-state index contributed by atoms with van der Waals surface area (Å²) in [6.45, 7) is 12.9. The van der Waals surface area contributed by atoms with E-state index in [1.165, 1.54) is 17.7 Å². The standard InChI is InChI=1S/C28H38FN5O/c1-21(2)12-13-32(19-23-6-5-7-26(35)18-23)20-27-22(3)30-34(25-10-8-24(29)9-11-25)28(27)33-16-14-31(4)15-17-33/h5-11,18,21,35H,12-17,19-20H2,1-4H3. The van der Waals surface area contributed by atoms with Gasteiger partial charge >= 0.3 is 0 Å². The molecule has 0 unspecified atom stereocenters. The minimum Gasteiger partial charge on any atom is -0.508 e. The second kappa shape index (κ2) is 11.2. The first-order valence-corrected chi connectivity index (χ1v) is 12.6. The normalized spacial score (nSPS) is 14.9. The number of aromatic hydroxyl groups is 1. The molecule has 1 aliphatic rings. The van der Waals surface area contributed by atoms with Crippen LogP contribution < -0.4 is 4.90 Å². The van der Waals surface area contributed by atoms with Gasteiger partial charge in [0.2, 0.25) is 0 Å². The fraction of sp³-hybridized carbons (Fsp3) is 0.464. The summed E-state index contributed by atoms with van der Waals surface area (Å²) in [5, 5.41) is 14.9. The van der Waals surface area contributed by atoms with Crippen LogP contribution in [-0.4, -0.2) is 64.5 Å². The van der Waals surface area contributed by atoms with Crippen molar-refractivity contribution in [3.05, 3.63) is 71.2 Å². The van der Waals surface area contributed by atoms with Crippen molar-refractivity contribution in [2.24, 2.45) is 5.92 Å². The molecular formula is C28H38FN5O. The summed E-state index contributed by atoms with van der Waals surface area (Å²) >= 11 is 0. The summed E-state index contributed by atoms with van der Waals surface area (Å²) in [7, 11) is 2.16. The summed E-state index contributed by atoms with van der Waals surface area (Å²) in [4.78, 5) is 7.22. The zero-order chi connectivity index (χ0) is 24.9. The van der Waals surface area contributed by atoms with Gasteiger partial charge in [0.05, 0.1) is 11.4 Å². The summed E-state index contributed by atoms with van der Waals surface area (Å²) in [6, 6.07) is 14.1. The number of hydrogen-bond donors (Lipinski definition) is 1. The highest BCUT2D eigenvalue weighted by Gasteiger charge is 2.26. The molecule has 0 amide bonds. The number of aryl methyl sites for hydroxylation is 1. The summed E-state index contributed by atoms with van der Waals surface area (Å²) in [6.07, 6.45) is 1.09. The van der Waals surface area contributed by atoms with Crippen LogP contribution in [-0.2, 0) is 13.1 Å². The van der Waals surface area contributed by atoms with Gasteiger partial charge in [-0.3, -0.25) is 4.90 Å². The average Bonchev–Trinajstić information content (AvgIpc) is 3.14. The predicted molar refractivity (Wildman–Crippen MR) is 140 cm³/mol. The number of likely N-dealkylation sites (N-methyl/N-ethyl adjacent to an activating group) is 1. The van der Waals surface area contributed by atoms with E-state index in [1.54, 1.807) is 18.2 Å². The maximum atomic E-state index is 13.7. The Morgan fingerprint density at radius 2 is 1.74 bits per heavy atom. The van der Waals surface area contributed by atoms with Crippen molar-refractivity contribution in [1.29, 1.82) is 0 Å². The molecule has 0 radical (unpaired) electrons. The number of phenolic OH excluding ortho intramolecular Hbond substituents is 1. The van der Waals surface area contributed by atoms with E-state index in [9.17, 15) is 9.50 Å². The van der Waals surface area contributed by atoms with Gasteiger partial charge in [-0.05, 0) is 74.8 Å². The van der Waals surface area contributed by atoms with Crippen LogP contribution in [0.1, 0.15) is 37.1 Å². The number of rotatable bonds is 9. The number of phenols is 1. The highest BCUT2D eigenvalue weighted by Crippen LogP contribution is 2.30. The van der Waals surface area contributed by atoms with Crippen molar-refractivity contribution >= 4 is 5.82 Å². The van der Waals surface area contributed by atoms with Gasteiger partial charge in [-0.25, -0.2) is 9.07 Å². The molecule has 3 aromatic rings. The molecule has 0 aliphatic carbocycles. The molecule has 2 aromatic carbocycles. The molecule has 1 fully saturated rings. The lowest BCUT2D eigenvalue weighted by atomic mass is 10.1. The summed E-state index contributed by atoms with van der Waals surface area (Å²) in [5.41, 5.74) is 4.17. The van der Waals surface area contributed by atoms with Crippen LogP contribution >= 0.6 is 0 Å². The van der Waals surface area contributed by atoms with Crippen LogP contribution in [0.15, 0.2) is 48.5 Å². The maximum Gasteiger partial charge on any atom is 0.137 e. The minimum absolute atomic E-state index is 0.245. The van der Waals surface area contributed by atoms with E-state index in [1.807, 2.05) is 16.8 Å². The van der Waals surface area contributed by atoms with Gasteiger partial charge in [-0.2, -0.15) is 5.10 Å². The van der Waals surface area contributed by atoms with Gasteiger partial charge < -0.3 is 14.9 Å². The highest BCUT2D eigenvalue weighted by molar-refractivity contribution is 5.56. The Hall–Kier alpha value is -2.90. The highest BCUT2D eigenvalue weighted by atomic mass is 19.1. The number of aromatic nitrogens is 2. The lowest BCUT2D eigenvalue weighted by Crippen LogP contribution is -2.45. The van der Waals surface area contributed by atoms with Gasteiger partial charge in [0.1, 0.15) is 17.4 Å². The first-order valence-electron chi connectivity index (χ1n) is 12.6. The van der Waals surface area contributed by atoms with E-state index in [2.05, 4.69) is 48.6 Å². The number of nitrogens with zero attached hydrogens (tertiary/aromatic N) is 5. The van der Waals surface area contributed by atoms with Crippen molar-refractivity contribution < 1.29 is 9.50 Å². The Bertz CT molecular complexity index is 1100. The van der Waals surface area contributed by atoms with Crippen LogP contribution in [0, 0.1) is 18.7 Å². The molecule has 1 aromatic heterocycles. The molecular weight excluding hydrogens is 441 g/mol. The molecule has 0 bridgehead atoms. The molecule has 0 spiro atoms. The lowest BCUT2D eigenvalue weighted by Gasteiger charge is -2.35. The molecule has 2 heterocycles. The minimum atomic E-state index is -0.245. The Balaban J connectivity index is 1.70. The number of benzene rings is 2. The summed E-state index contributed by atoms with van der Waals surface area (Å²) in [5.74, 6) is 1.75. The molecule has 1 N–H and O–H groups in total. The fourth-order valence-electron chi connectivity index (χ4n) is 4.63. The third kappa shape index (κ3) is 6.41. The molecule has 0 atom stereocenters. The van der Waals surface area contributed by atoms with Gasteiger partial charge in [0.25, 0.3) is 0 Å². The first kappa shape index (κ1) is 25.2. The monoisotopic (exact) mass is 479 g/mol. The summed E-state index contributed by atoms with van der Waals surface area (Å²) < 4.78 is 15.7. The van der Waals surface area contributed by atoms with Crippen LogP contribution in [0.2, 0.25) is 0 Å². The van der Waals surface area contributed by atoms with Crippen LogP contribution in [0.4, 0.5) is 10.2 Å². The van der Waals surface area contributed by atoms with Crippen molar-refractivity contribution in [3.8, 4) is 11.4 Å². The van der Waals surface area contributed by atoms with Crippen molar-refractivity contribution in [2.75, 3.05) is 44.7 Å². The SMILES string of the molecule is Cc1nn(-c2ccc(F)cc2)c(N2CCN(C)CC2)c1CN(CCC(C)C)Cc1cccc(O)c1. The molecule has 1 saturated heterocycles. The predicted octanol–water partition coefficient (Wildman–Crippen LogP) is 4.83. The molecule has 0 saturated carbocycles. The second-order valence-corrected chi connectivity index (χ2v) is 10.1. The Labute approximate surface area is 208 Å². The fourth-order valence-corrected chi connectivity index (χ4v) is 4.63. The number of piperazine rings is 1. The molecule has 4 rings (SSSR count).